The summed E-state index contributed by atoms with van der Waals surface area (Å²) in [6.07, 6.45) is 0.159. The van der Waals surface area contributed by atoms with E-state index in [0.29, 0.717) is 12.2 Å². The van der Waals surface area contributed by atoms with Crippen molar-refractivity contribution < 1.29 is 19.5 Å². The Bertz CT molecular complexity index is 874. The first-order valence-electron chi connectivity index (χ1n) is 8.37. The first kappa shape index (κ1) is 17.7. The van der Waals surface area contributed by atoms with E-state index in [4.69, 9.17) is 5.11 Å². The molecule has 6 nitrogen and oxygen atoms in total. The van der Waals surface area contributed by atoms with E-state index in [2.05, 4.69) is 5.32 Å². The van der Waals surface area contributed by atoms with Crippen LogP contribution in [0.4, 0.5) is 11.4 Å². The maximum Gasteiger partial charge on any atom is 0.335 e. The van der Waals surface area contributed by atoms with Crippen molar-refractivity contribution in [3.63, 3.8) is 0 Å². The Morgan fingerprint density at radius 3 is 2.46 bits per heavy atom. The second-order valence-electron chi connectivity index (χ2n) is 6.57. The molecule has 0 saturated carbocycles. The monoisotopic (exact) mass is 352 g/mol. The maximum absolute atomic E-state index is 12.5. The van der Waals surface area contributed by atoms with Crippen LogP contribution >= 0.6 is 0 Å². The van der Waals surface area contributed by atoms with E-state index in [-0.39, 0.29) is 23.8 Å². The van der Waals surface area contributed by atoms with Crippen LogP contribution in [-0.2, 0) is 9.59 Å². The lowest BCUT2D eigenvalue weighted by Gasteiger charge is -2.19. The Morgan fingerprint density at radius 1 is 1.12 bits per heavy atom. The van der Waals surface area contributed by atoms with Gasteiger partial charge >= 0.3 is 5.97 Å². The zero-order valence-corrected chi connectivity index (χ0v) is 14.7. The van der Waals surface area contributed by atoms with Gasteiger partial charge in [0.25, 0.3) is 0 Å². The molecule has 2 N–H and O–H groups in total. The fourth-order valence-corrected chi connectivity index (χ4v) is 3.07. The van der Waals surface area contributed by atoms with Gasteiger partial charge in [-0.3, -0.25) is 9.59 Å². The Kier molecular flexibility index (Phi) is 4.75. The van der Waals surface area contributed by atoms with Crippen LogP contribution in [0.2, 0.25) is 0 Å². The molecule has 1 aliphatic heterocycles. The summed E-state index contributed by atoms with van der Waals surface area (Å²) in [5, 5.41) is 11.7. The van der Waals surface area contributed by atoms with Gasteiger partial charge in [-0.05, 0) is 55.3 Å². The van der Waals surface area contributed by atoms with Gasteiger partial charge in [0.05, 0.1) is 11.5 Å². The highest BCUT2D eigenvalue weighted by Gasteiger charge is 2.35. The van der Waals surface area contributed by atoms with E-state index in [1.165, 1.54) is 12.1 Å². The molecule has 3 rings (SSSR count). The lowest BCUT2D eigenvalue weighted by molar-refractivity contribution is -0.122. The van der Waals surface area contributed by atoms with Crippen LogP contribution in [0.3, 0.4) is 0 Å². The van der Waals surface area contributed by atoms with Crippen LogP contribution in [0.25, 0.3) is 0 Å². The van der Waals surface area contributed by atoms with E-state index >= 15 is 0 Å². The van der Waals surface area contributed by atoms with Gasteiger partial charge < -0.3 is 15.3 Å². The number of carboxylic acids is 1. The van der Waals surface area contributed by atoms with Gasteiger partial charge in [0, 0.05) is 24.3 Å². The lowest BCUT2D eigenvalue weighted by atomic mass is 10.1. The molecule has 0 radical (unpaired) electrons. The van der Waals surface area contributed by atoms with E-state index in [9.17, 15) is 14.4 Å². The number of carbonyl (C=O) groups excluding carboxylic acids is 2. The van der Waals surface area contributed by atoms with Crippen molar-refractivity contribution in [2.75, 3.05) is 16.8 Å². The highest BCUT2D eigenvalue weighted by molar-refractivity contribution is 6.04. The van der Waals surface area contributed by atoms with Crippen LogP contribution in [0, 0.1) is 19.8 Å². The predicted octanol–water partition coefficient (Wildman–Crippen LogP) is 2.99. The number of benzene rings is 2. The number of hydrogen-bond donors (Lipinski definition) is 2. The van der Waals surface area contributed by atoms with Gasteiger partial charge in [-0.15, -0.1) is 0 Å². The van der Waals surface area contributed by atoms with Gasteiger partial charge in [0.15, 0.2) is 0 Å². The second kappa shape index (κ2) is 7.00. The third kappa shape index (κ3) is 3.59. The molecule has 1 saturated heterocycles. The molecule has 6 heteroatoms. The minimum absolute atomic E-state index is 0.0694. The molecular formula is C20H20N2O4. The highest BCUT2D eigenvalue weighted by Crippen LogP contribution is 2.29. The van der Waals surface area contributed by atoms with Crippen LogP contribution in [-0.4, -0.2) is 29.4 Å². The van der Waals surface area contributed by atoms with Gasteiger partial charge in [-0.25, -0.2) is 4.79 Å². The molecule has 2 aromatic rings. The average molecular weight is 352 g/mol. The first-order valence-corrected chi connectivity index (χ1v) is 8.37. The number of amides is 2. The van der Waals surface area contributed by atoms with Crippen LogP contribution in [0.5, 0.6) is 0 Å². The smallest absolute Gasteiger partial charge is 0.335 e. The van der Waals surface area contributed by atoms with E-state index in [1.807, 2.05) is 32.0 Å². The summed E-state index contributed by atoms with van der Waals surface area (Å²) in [6, 6.07) is 11.9. The van der Waals surface area contributed by atoms with Crippen LogP contribution in [0.15, 0.2) is 42.5 Å². The number of rotatable bonds is 4. The fourth-order valence-electron chi connectivity index (χ4n) is 3.07. The Labute approximate surface area is 151 Å². The van der Waals surface area contributed by atoms with Gasteiger partial charge in [-0.1, -0.05) is 12.1 Å². The summed E-state index contributed by atoms with van der Waals surface area (Å²) in [5.41, 5.74) is 3.56. The molecule has 1 atom stereocenters. The molecular weight excluding hydrogens is 332 g/mol. The largest absolute Gasteiger partial charge is 0.478 e. The van der Waals surface area contributed by atoms with Gasteiger partial charge in [0.1, 0.15) is 0 Å². The summed E-state index contributed by atoms with van der Waals surface area (Å²) < 4.78 is 0. The summed E-state index contributed by atoms with van der Waals surface area (Å²) in [5.74, 6) is -1.77. The van der Waals surface area contributed by atoms with Crippen molar-refractivity contribution in [3.8, 4) is 0 Å². The molecule has 0 spiro atoms. The number of aryl methyl sites for hydroxylation is 2. The lowest BCUT2D eigenvalue weighted by Crippen LogP contribution is -2.28. The quantitative estimate of drug-likeness (QED) is 0.886. The van der Waals surface area contributed by atoms with Crippen LogP contribution in [0.1, 0.15) is 27.9 Å². The molecule has 2 aromatic carbocycles. The van der Waals surface area contributed by atoms with Gasteiger partial charge in [-0.2, -0.15) is 0 Å². The Hall–Kier alpha value is -3.15. The minimum Gasteiger partial charge on any atom is -0.478 e. The molecule has 0 aliphatic carbocycles. The minimum atomic E-state index is -1.02. The number of nitrogens with one attached hydrogen (secondary N) is 1. The van der Waals surface area contributed by atoms with E-state index in [1.54, 1.807) is 17.0 Å². The van der Waals surface area contributed by atoms with E-state index < -0.39 is 11.9 Å². The number of aromatic carboxylic acids is 1. The molecule has 0 unspecified atom stereocenters. The van der Waals surface area contributed by atoms with Crippen molar-refractivity contribution in [3.05, 3.63) is 59.2 Å². The summed E-state index contributed by atoms with van der Waals surface area (Å²) in [7, 11) is 0. The average Bonchev–Trinajstić information content (AvgIpc) is 2.99. The Morgan fingerprint density at radius 2 is 1.81 bits per heavy atom. The third-order valence-corrected chi connectivity index (χ3v) is 4.55. The summed E-state index contributed by atoms with van der Waals surface area (Å²) in [6.45, 7) is 4.25. The third-order valence-electron chi connectivity index (χ3n) is 4.55. The van der Waals surface area contributed by atoms with Gasteiger partial charge in [0.2, 0.25) is 11.8 Å². The topological polar surface area (TPSA) is 86.7 Å². The highest BCUT2D eigenvalue weighted by atomic mass is 16.4. The molecule has 26 heavy (non-hydrogen) atoms. The molecule has 1 heterocycles. The van der Waals surface area contributed by atoms with E-state index in [0.717, 1.165) is 16.8 Å². The SMILES string of the molecule is Cc1ccc(C)c(N2C[C@H](C(=O)Nc3ccc(C(=O)O)cc3)CC2=O)c1. The second-order valence-corrected chi connectivity index (χ2v) is 6.57. The number of nitrogens with zero attached hydrogens (tertiary/aromatic N) is 1. The zero-order chi connectivity index (χ0) is 18.8. The standard InChI is InChI=1S/C20H20N2O4/c1-12-3-4-13(2)17(9-12)22-11-15(10-18(22)23)19(24)21-16-7-5-14(6-8-16)20(25)26/h3-9,15H,10-11H2,1-2H3,(H,21,24)(H,25,26)/t15-/m1/s1. The number of carboxylic acid groups (broad SMARTS) is 1. The molecule has 134 valence electrons. The summed E-state index contributed by atoms with van der Waals surface area (Å²) >= 11 is 0. The molecule has 2 amide bonds. The zero-order valence-electron chi connectivity index (χ0n) is 14.7. The predicted molar refractivity (Wildman–Crippen MR) is 98.4 cm³/mol. The molecule has 1 aliphatic rings. The fraction of sp³-hybridized carbons (Fsp3) is 0.250. The van der Waals surface area contributed by atoms with Crippen molar-refractivity contribution in [2.24, 2.45) is 5.92 Å². The van der Waals surface area contributed by atoms with Crippen molar-refractivity contribution in [1.82, 2.24) is 0 Å². The number of anilines is 2. The number of carbonyl (C=O) groups is 3. The molecule has 0 aromatic heterocycles. The molecule has 0 bridgehead atoms. The van der Waals surface area contributed by atoms with Crippen molar-refractivity contribution >= 4 is 29.2 Å². The number of hydrogen-bond acceptors (Lipinski definition) is 3. The van der Waals surface area contributed by atoms with Crippen molar-refractivity contribution in [1.29, 1.82) is 0 Å². The molecule has 1 fully saturated rings. The Balaban J connectivity index is 1.70. The van der Waals surface area contributed by atoms with Crippen LogP contribution < -0.4 is 10.2 Å². The first-order chi connectivity index (χ1) is 12.3. The van der Waals surface area contributed by atoms with Crippen molar-refractivity contribution in [2.45, 2.75) is 20.3 Å². The maximum atomic E-state index is 12.5. The summed E-state index contributed by atoms with van der Waals surface area (Å²) in [4.78, 5) is 37.4. The normalized spacial score (nSPS) is 16.6.